The molecular formula is C15H24O4. The Bertz CT molecular complexity index is 394. The molecule has 0 saturated heterocycles. The SMILES string of the molecule is COc1ccc([C@@H](C)O)c(OCCOC(C)(C)C)c1. The lowest BCUT2D eigenvalue weighted by Gasteiger charge is -2.20. The van der Waals surface area contributed by atoms with Crippen LogP contribution in [-0.2, 0) is 4.74 Å². The van der Waals surface area contributed by atoms with Crippen LogP contribution in [0.1, 0.15) is 39.4 Å². The molecule has 0 aliphatic carbocycles. The van der Waals surface area contributed by atoms with E-state index in [1.807, 2.05) is 26.8 Å². The highest BCUT2D eigenvalue weighted by molar-refractivity contribution is 5.41. The van der Waals surface area contributed by atoms with Gasteiger partial charge in [-0.3, -0.25) is 0 Å². The van der Waals surface area contributed by atoms with E-state index in [0.29, 0.717) is 24.7 Å². The molecule has 0 bridgehead atoms. The summed E-state index contributed by atoms with van der Waals surface area (Å²) in [6.07, 6.45) is -0.579. The highest BCUT2D eigenvalue weighted by Crippen LogP contribution is 2.29. The van der Waals surface area contributed by atoms with Crippen LogP contribution in [0.25, 0.3) is 0 Å². The minimum Gasteiger partial charge on any atom is -0.497 e. The van der Waals surface area contributed by atoms with Crippen LogP contribution in [0, 0.1) is 0 Å². The number of ether oxygens (including phenoxy) is 3. The molecule has 1 atom stereocenters. The van der Waals surface area contributed by atoms with Crippen molar-refractivity contribution in [2.24, 2.45) is 0 Å². The molecule has 0 saturated carbocycles. The van der Waals surface area contributed by atoms with Crippen LogP contribution in [0.4, 0.5) is 0 Å². The van der Waals surface area contributed by atoms with Crippen molar-refractivity contribution in [3.8, 4) is 11.5 Å². The van der Waals surface area contributed by atoms with Gasteiger partial charge in [-0.15, -0.1) is 0 Å². The lowest BCUT2D eigenvalue weighted by atomic mass is 10.1. The van der Waals surface area contributed by atoms with Gasteiger partial charge in [-0.25, -0.2) is 0 Å². The third kappa shape index (κ3) is 5.49. The fraction of sp³-hybridized carbons (Fsp3) is 0.600. The molecule has 1 N–H and O–H groups in total. The lowest BCUT2D eigenvalue weighted by molar-refractivity contribution is -0.0166. The standard InChI is InChI=1S/C15H24O4/c1-11(16)13-7-6-12(17-5)10-14(13)18-8-9-19-15(2,3)4/h6-7,10-11,16H,8-9H2,1-5H3/t11-/m1/s1. The van der Waals surface area contributed by atoms with E-state index in [1.54, 1.807) is 26.2 Å². The van der Waals surface area contributed by atoms with Crippen LogP contribution >= 0.6 is 0 Å². The largest absolute Gasteiger partial charge is 0.497 e. The molecule has 0 heterocycles. The van der Waals surface area contributed by atoms with Crippen molar-refractivity contribution in [1.82, 2.24) is 0 Å². The molecule has 0 unspecified atom stereocenters. The summed E-state index contributed by atoms with van der Waals surface area (Å²) in [6.45, 7) is 8.64. The van der Waals surface area contributed by atoms with E-state index in [1.165, 1.54) is 0 Å². The summed E-state index contributed by atoms with van der Waals surface area (Å²) in [4.78, 5) is 0. The van der Waals surface area contributed by atoms with E-state index < -0.39 is 6.10 Å². The third-order valence-corrected chi connectivity index (χ3v) is 2.55. The van der Waals surface area contributed by atoms with Gasteiger partial charge in [0.1, 0.15) is 18.1 Å². The molecule has 1 rings (SSSR count). The normalized spacial score (nSPS) is 13.2. The molecule has 0 aliphatic heterocycles. The van der Waals surface area contributed by atoms with E-state index in [9.17, 15) is 5.11 Å². The van der Waals surface area contributed by atoms with Crippen molar-refractivity contribution in [3.05, 3.63) is 23.8 Å². The molecule has 0 amide bonds. The minimum atomic E-state index is -0.579. The van der Waals surface area contributed by atoms with Crippen molar-refractivity contribution in [3.63, 3.8) is 0 Å². The van der Waals surface area contributed by atoms with Gasteiger partial charge in [-0.1, -0.05) is 0 Å². The first-order valence-corrected chi connectivity index (χ1v) is 6.46. The van der Waals surface area contributed by atoms with E-state index in [2.05, 4.69) is 0 Å². The molecule has 0 spiro atoms. The fourth-order valence-electron chi connectivity index (χ4n) is 1.61. The molecule has 0 fully saturated rings. The van der Waals surface area contributed by atoms with Crippen molar-refractivity contribution in [1.29, 1.82) is 0 Å². The maximum absolute atomic E-state index is 9.70. The maximum atomic E-state index is 9.70. The predicted molar refractivity (Wildman–Crippen MR) is 74.8 cm³/mol. The number of hydrogen-bond donors (Lipinski definition) is 1. The molecule has 4 nitrogen and oxygen atoms in total. The number of benzene rings is 1. The molecule has 19 heavy (non-hydrogen) atoms. The average molecular weight is 268 g/mol. The number of aliphatic hydroxyl groups is 1. The Labute approximate surface area is 115 Å². The summed E-state index contributed by atoms with van der Waals surface area (Å²) in [5.74, 6) is 1.34. The molecule has 1 aromatic carbocycles. The quantitative estimate of drug-likeness (QED) is 0.806. The Hall–Kier alpha value is -1.26. The van der Waals surface area contributed by atoms with Crippen LogP contribution in [0.5, 0.6) is 11.5 Å². The first-order valence-electron chi connectivity index (χ1n) is 6.46. The zero-order valence-electron chi connectivity index (χ0n) is 12.4. The van der Waals surface area contributed by atoms with E-state index in [4.69, 9.17) is 14.2 Å². The molecule has 108 valence electrons. The van der Waals surface area contributed by atoms with Gasteiger partial charge in [-0.05, 0) is 39.8 Å². The van der Waals surface area contributed by atoms with Gasteiger partial charge < -0.3 is 19.3 Å². The first-order chi connectivity index (χ1) is 8.83. The average Bonchev–Trinajstić information content (AvgIpc) is 2.33. The van der Waals surface area contributed by atoms with Gasteiger partial charge in [0.15, 0.2) is 0 Å². The zero-order chi connectivity index (χ0) is 14.5. The van der Waals surface area contributed by atoms with Crippen molar-refractivity contribution in [2.75, 3.05) is 20.3 Å². The molecule has 1 aromatic rings. The summed E-state index contributed by atoms with van der Waals surface area (Å²) in [5, 5.41) is 9.70. The second-order valence-corrected chi connectivity index (χ2v) is 5.39. The molecule has 0 aliphatic rings. The fourth-order valence-corrected chi connectivity index (χ4v) is 1.61. The number of aliphatic hydroxyl groups excluding tert-OH is 1. The van der Waals surface area contributed by atoms with Gasteiger partial charge in [-0.2, -0.15) is 0 Å². The van der Waals surface area contributed by atoms with Gasteiger partial charge in [0, 0.05) is 11.6 Å². The Morgan fingerprint density at radius 2 is 1.89 bits per heavy atom. The second-order valence-electron chi connectivity index (χ2n) is 5.39. The van der Waals surface area contributed by atoms with Gasteiger partial charge in [0.25, 0.3) is 0 Å². The Balaban J connectivity index is 2.65. The first kappa shape index (κ1) is 15.8. The van der Waals surface area contributed by atoms with E-state index in [0.717, 1.165) is 5.56 Å². The Morgan fingerprint density at radius 3 is 2.42 bits per heavy atom. The second kappa shape index (κ2) is 6.78. The summed E-state index contributed by atoms with van der Waals surface area (Å²) >= 11 is 0. The number of methoxy groups -OCH3 is 1. The lowest BCUT2D eigenvalue weighted by Crippen LogP contribution is -2.22. The monoisotopic (exact) mass is 268 g/mol. The molecule has 4 heteroatoms. The highest BCUT2D eigenvalue weighted by atomic mass is 16.5. The van der Waals surface area contributed by atoms with E-state index in [-0.39, 0.29) is 5.60 Å². The maximum Gasteiger partial charge on any atom is 0.128 e. The molecule has 0 radical (unpaired) electrons. The predicted octanol–water partition coefficient (Wildman–Crippen LogP) is 2.94. The van der Waals surface area contributed by atoms with Crippen LogP contribution in [0.2, 0.25) is 0 Å². The zero-order valence-corrected chi connectivity index (χ0v) is 12.4. The number of rotatable bonds is 6. The summed E-state index contributed by atoms with van der Waals surface area (Å²) < 4.78 is 16.4. The van der Waals surface area contributed by atoms with Crippen molar-refractivity contribution >= 4 is 0 Å². The third-order valence-electron chi connectivity index (χ3n) is 2.55. The smallest absolute Gasteiger partial charge is 0.128 e. The van der Waals surface area contributed by atoms with Gasteiger partial charge in [0.05, 0.1) is 25.4 Å². The topological polar surface area (TPSA) is 47.9 Å². The van der Waals surface area contributed by atoms with Crippen molar-refractivity contribution < 1.29 is 19.3 Å². The summed E-state index contributed by atoms with van der Waals surface area (Å²) in [6, 6.07) is 5.39. The van der Waals surface area contributed by atoms with Crippen LogP contribution in [0.3, 0.4) is 0 Å². The van der Waals surface area contributed by atoms with Gasteiger partial charge >= 0.3 is 0 Å². The van der Waals surface area contributed by atoms with Crippen LogP contribution in [0.15, 0.2) is 18.2 Å². The summed E-state index contributed by atoms with van der Waals surface area (Å²) in [5.41, 5.74) is 0.571. The van der Waals surface area contributed by atoms with Crippen LogP contribution < -0.4 is 9.47 Å². The van der Waals surface area contributed by atoms with E-state index >= 15 is 0 Å². The van der Waals surface area contributed by atoms with Gasteiger partial charge in [0.2, 0.25) is 0 Å². The molecule has 0 aromatic heterocycles. The number of hydrogen-bond acceptors (Lipinski definition) is 4. The molecular weight excluding hydrogens is 244 g/mol. The Kier molecular flexibility index (Phi) is 5.63. The minimum absolute atomic E-state index is 0.176. The van der Waals surface area contributed by atoms with Crippen molar-refractivity contribution in [2.45, 2.75) is 39.4 Å². The summed E-state index contributed by atoms with van der Waals surface area (Å²) in [7, 11) is 1.60. The van der Waals surface area contributed by atoms with Crippen LogP contribution in [-0.4, -0.2) is 31.0 Å². The Morgan fingerprint density at radius 1 is 1.21 bits per heavy atom. The highest BCUT2D eigenvalue weighted by Gasteiger charge is 2.12.